The molecule has 5 nitrogen and oxygen atoms in total. The van der Waals surface area contributed by atoms with Gasteiger partial charge in [0.1, 0.15) is 0 Å². The Kier molecular flexibility index (Phi) is 3.62. The highest BCUT2D eigenvalue weighted by molar-refractivity contribution is 6.33. The van der Waals surface area contributed by atoms with Crippen molar-refractivity contribution in [3.05, 3.63) is 46.5 Å². The van der Waals surface area contributed by atoms with E-state index < -0.39 is 0 Å². The van der Waals surface area contributed by atoms with Gasteiger partial charge in [-0.15, -0.1) is 0 Å². The van der Waals surface area contributed by atoms with Crippen molar-refractivity contribution in [2.45, 2.75) is 13.5 Å². The minimum absolute atomic E-state index is 0.217. The average molecular weight is 265 g/mol. The van der Waals surface area contributed by atoms with Crippen LogP contribution in [0.15, 0.2) is 24.7 Å². The molecule has 0 bridgehead atoms. The highest BCUT2D eigenvalue weighted by atomic mass is 35.5. The van der Waals surface area contributed by atoms with Gasteiger partial charge in [0.2, 0.25) is 0 Å². The van der Waals surface area contributed by atoms with Gasteiger partial charge in [-0.25, -0.2) is 0 Å². The predicted octanol–water partition coefficient (Wildman–Crippen LogP) is 1.71. The number of nitrogens with zero attached hydrogens (tertiary/aromatic N) is 3. The minimum Gasteiger partial charge on any atom is -0.348 e. The Bertz CT molecular complexity index is 579. The van der Waals surface area contributed by atoms with Gasteiger partial charge >= 0.3 is 0 Å². The molecule has 1 amide bonds. The first-order valence-corrected chi connectivity index (χ1v) is 5.82. The van der Waals surface area contributed by atoms with Gasteiger partial charge in [-0.1, -0.05) is 11.6 Å². The molecule has 0 aliphatic carbocycles. The standard InChI is InChI=1S/C12H13ClN4O/c1-8-9(7-17(2)16-8)5-15-12(18)10-3-4-14-6-11(10)13/h3-4,6-7H,5H2,1-2H3,(H,15,18). The number of rotatable bonds is 3. The quantitative estimate of drug-likeness (QED) is 0.918. The lowest BCUT2D eigenvalue weighted by Gasteiger charge is -2.05. The second-order valence-corrected chi connectivity index (χ2v) is 4.36. The maximum Gasteiger partial charge on any atom is 0.253 e. The van der Waals surface area contributed by atoms with Crippen LogP contribution in [-0.2, 0) is 13.6 Å². The van der Waals surface area contributed by atoms with E-state index in [0.717, 1.165) is 11.3 Å². The van der Waals surface area contributed by atoms with E-state index in [1.54, 1.807) is 10.7 Å². The fraction of sp³-hybridized carbons (Fsp3) is 0.250. The lowest BCUT2D eigenvalue weighted by molar-refractivity contribution is 0.0951. The topological polar surface area (TPSA) is 59.8 Å². The van der Waals surface area contributed by atoms with E-state index >= 15 is 0 Å². The van der Waals surface area contributed by atoms with Crippen LogP contribution < -0.4 is 5.32 Å². The molecule has 0 fully saturated rings. The Morgan fingerprint density at radius 2 is 2.33 bits per heavy atom. The molecule has 0 atom stereocenters. The van der Waals surface area contributed by atoms with Crippen LogP contribution in [0.1, 0.15) is 21.6 Å². The summed E-state index contributed by atoms with van der Waals surface area (Å²) in [6, 6.07) is 1.59. The second kappa shape index (κ2) is 5.18. The summed E-state index contributed by atoms with van der Waals surface area (Å²) in [4.78, 5) is 15.7. The zero-order chi connectivity index (χ0) is 13.1. The Balaban J connectivity index is 2.05. The first-order valence-electron chi connectivity index (χ1n) is 5.44. The van der Waals surface area contributed by atoms with Crippen LogP contribution in [-0.4, -0.2) is 20.7 Å². The second-order valence-electron chi connectivity index (χ2n) is 3.95. The van der Waals surface area contributed by atoms with E-state index in [1.165, 1.54) is 12.4 Å². The zero-order valence-electron chi connectivity index (χ0n) is 10.1. The highest BCUT2D eigenvalue weighted by Crippen LogP contribution is 2.13. The lowest BCUT2D eigenvalue weighted by Crippen LogP contribution is -2.23. The molecule has 0 saturated heterocycles. The number of aromatic nitrogens is 3. The summed E-state index contributed by atoms with van der Waals surface area (Å²) in [5, 5.41) is 7.36. The van der Waals surface area contributed by atoms with Crippen LogP contribution in [0.5, 0.6) is 0 Å². The molecule has 6 heteroatoms. The van der Waals surface area contributed by atoms with Crippen molar-refractivity contribution in [3.8, 4) is 0 Å². The number of amides is 1. The number of carbonyl (C=O) groups excluding carboxylic acids is 1. The van der Waals surface area contributed by atoms with Gasteiger partial charge in [0.05, 0.1) is 16.3 Å². The molecule has 0 spiro atoms. The van der Waals surface area contributed by atoms with E-state index in [2.05, 4.69) is 15.4 Å². The summed E-state index contributed by atoms with van der Waals surface area (Å²) in [6.07, 6.45) is 4.87. The van der Waals surface area contributed by atoms with Gasteiger partial charge in [0, 0.05) is 37.7 Å². The van der Waals surface area contributed by atoms with Crippen LogP contribution in [0.3, 0.4) is 0 Å². The lowest BCUT2D eigenvalue weighted by atomic mass is 10.2. The minimum atomic E-state index is -0.217. The molecule has 2 aromatic heterocycles. The SMILES string of the molecule is Cc1nn(C)cc1CNC(=O)c1ccncc1Cl. The van der Waals surface area contributed by atoms with Crippen molar-refractivity contribution in [2.75, 3.05) is 0 Å². The maximum absolute atomic E-state index is 11.9. The van der Waals surface area contributed by atoms with Crippen LogP contribution in [0.2, 0.25) is 5.02 Å². The summed E-state index contributed by atoms with van der Waals surface area (Å²) in [6.45, 7) is 2.33. The third-order valence-corrected chi connectivity index (χ3v) is 2.87. The molecule has 0 aromatic carbocycles. The monoisotopic (exact) mass is 264 g/mol. The number of nitrogens with one attached hydrogen (secondary N) is 1. The molecule has 2 aromatic rings. The van der Waals surface area contributed by atoms with Crippen molar-refractivity contribution in [3.63, 3.8) is 0 Å². The van der Waals surface area contributed by atoms with E-state index in [1.807, 2.05) is 20.2 Å². The van der Waals surface area contributed by atoms with Crippen LogP contribution in [0.25, 0.3) is 0 Å². The van der Waals surface area contributed by atoms with Crippen molar-refractivity contribution in [2.24, 2.45) is 7.05 Å². The summed E-state index contributed by atoms with van der Waals surface area (Å²) < 4.78 is 1.72. The van der Waals surface area contributed by atoms with Gasteiger partial charge < -0.3 is 5.32 Å². The zero-order valence-corrected chi connectivity index (χ0v) is 10.9. The first kappa shape index (κ1) is 12.6. The smallest absolute Gasteiger partial charge is 0.253 e. The van der Waals surface area contributed by atoms with Gasteiger partial charge in [0.25, 0.3) is 5.91 Å². The van der Waals surface area contributed by atoms with Gasteiger partial charge in [0.15, 0.2) is 0 Å². The van der Waals surface area contributed by atoms with Gasteiger partial charge in [-0.2, -0.15) is 5.10 Å². The summed E-state index contributed by atoms with van der Waals surface area (Å²) in [7, 11) is 1.85. The summed E-state index contributed by atoms with van der Waals surface area (Å²) >= 11 is 5.90. The van der Waals surface area contributed by atoms with Gasteiger partial charge in [-0.05, 0) is 13.0 Å². The molecule has 0 unspecified atom stereocenters. The van der Waals surface area contributed by atoms with E-state index in [-0.39, 0.29) is 5.91 Å². The number of hydrogen-bond acceptors (Lipinski definition) is 3. The number of aryl methyl sites for hydroxylation is 2. The largest absolute Gasteiger partial charge is 0.348 e. The third kappa shape index (κ3) is 2.68. The summed E-state index contributed by atoms with van der Waals surface area (Å²) in [5.74, 6) is -0.217. The number of carbonyl (C=O) groups is 1. The van der Waals surface area contributed by atoms with Crippen LogP contribution in [0.4, 0.5) is 0 Å². The van der Waals surface area contributed by atoms with E-state index in [0.29, 0.717) is 17.1 Å². The van der Waals surface area contributed by atoms with Crippen molar-refractivity contribution in [1.29, 1.82) is 0 Å². The number of hydrogen-bond donors (Lipinski definition) is 1. The Morgan fingerprint density at radius 1 is 1.56 bits per heavy atom. The first-order chi connectivity index (χ1) is 8.58. The molecule has 0 radical (unpaired) electrons. The maximum atomic E-state index is 11.9. The van der Waals surface area contributed by atoms with E-state index in [4.69, 9.17) is 11.6 Å². The average Bonchev–Trinajstić information content (AvgIpc) is 2.65. The van der Waals surface area contributed by atoms with Crippen LogP contribution in [0, 0.1) is 6.92 Å². The molecular formula is C12H13ClN4O. The number of halogens is 1. The van der Waals surface area contributed by atoms with Gasteiger partial charge in [-0.3, -0.25) is 14.5 Å². The Morgan fingerprint density at radius 3 is 2.94 bits per heavy atom. The molecule has 94 valence electrons. The van der Waals surface area contributed by atoms with E-state index in [9.17, 15) is 4.79 Å². The predicted molar refractivity (Wildman–Crippen MR) is 68.4 cm³/mol. The molecular weight excluding hydrogens is 252 g/mol. The Labute approximate surface area is 110 Å². The molecule has 2 heterocycles. The molecule has 0 aliphatic heterocycles. The molecule has 2 rings (SSSR count). The highest BCUT2D eigenvalue weighted by Gasteiger charge is 2.10. The molecule has 0 aliphatic rings. The fourth-order valence-corrected chi connectivity index (χ4v) is 1.86. The molecule has 0 saturated carbocycles. The number of pyridine rings is 1. The third-order valence-electron chi connectivity index (χ3n) is 2.57. The summed E-state index contributed by atoms with van der Waals surface area (Å²) in [5.41, 5.74) is 2.31. The molecule has 1 N–H and O–H groups in total. The fourth-order valence-electron chi connectivity index (χ4n) is 1.65. The van der Waals surface area contributed by atoms with Crippen molar-refractivity contribution >= 4 is 17.5 Å². The van der Waals surface area contributed by atoms with Crippen LogP contribution >= 0.6 is 11.6 Å². The van der Waals surface area contributed by atoms with Crippen molar-refractivity contribution < 1.29 is 4.79 Å². The normalized spacial score (nSPS) is 10.4. The molecule has 18 heavy (non-hydrogen) atoms. The Hall–Kier alpha value is -1.88. The van der Waals surface area contributed by atoms with Crippen molar-refractivity contribution in [1.82, 2.24) is 20.1 Å².